The second-order valence-corrected chi connectivity index (χ2v) is 4.48. The Bertz CT molecular complexity index is 485. The largest absolute Gasteiger partial charge is 0.377 e. The normalized spacial score (nSPS) is 18.9. The maximum absolute atomic E-state index is 13.9. The van der Waals surface area contributed by atoms with Crippen LogP contribution in [-0.2, 0) is 9.53 Å². The number of halogens is 1. The van der Waals surface area contributed by atoms with Crippen LogP contribution in [0.5, 0.6) is 0 Å². The van der Waals surface area contributed by atoms with Crippen molar-refractivity contribution in [2.45, 2.75) is 19.4 Å². The van der Waals surface area contributed by atoms with Gasteiger partial charge in [0.25, 0.3) is 0 Å². The number of morpholine rings is 1. The van der Waals surface area contributed by atoms with E-state index < -0.39 is 17.8 Å². The fourth-order valence-corrected chi connectivity index (χ4v) is 1.97. The lowest BCUT2D eigenvalue weighted by atomic mass is 10.2. The van der Waals surface area contributed by atoms with Crippen molar-refractivity contribution >= 4 is 17.7 Å². The smallest absolute Gasteiger partial charge is 0.242 e. The molecule has 2 rings (SSSR count). The molecule has 1 aromatic heterocycles. The summed E-state index contributed by atoms with van der Waals surface area (Å²) in [4.78, 5) is 21.0. The molecule has 1 amide bonds. The summed E-state index contributed by atoms with van der Waals surface area (Å²) in [5.41, 5.74) is 5.32. The highest BCUT2D eigenvalue weighted by atomic mass is 19.1. The lowest BCUT2D eigenvalue weighted by molar-refractivity contribution is -0.121. The van der Waals surface area contributed by atoms with Crippen molar-refractivity contribution in [3.63, 3.8) is 0 Å². The first-order valence-corrected chi connectivity index (χ1v) is 6.53. The Morgan fingerprint density at radius 1 is 1.70 bits per heavy atom. The monoisotopic (exact) mass is 283 g/mol. The quantitative estimate of drug-likeness (QED) is 0.797. The van der Waals surface area contributed by atoms with Crippen molar-refractivity contribution in [1.82, 2.24) is 9.97 Å². The molecule has 3 N–H and O–H groups in total. The number of hydrogen-bond acceptors (Lipinski definition) is 6. The van der Waals surface area contributed by atoms with E-state index in [1.165, 1.54) is 4.90 Å². The average Bonchev–Trinajstić information content (AvgIpc) is 2.46. The summed E-state index contributed by atoms with van der Waals surface area (Å²) >= 11 is 0. The Hall–Kier alpha value is -1.96. The summed E-state index contributed by atoms with van der Waals surface area (Å²) in [6.07, 6.45) is 1.99. The van der Waals surface area contributed by atoms with E-state index in [1.54, 1.807) is 0 Å². The average molecular weight is 283 g/mol. The molecular weight excluding hydrogens is 265 g/mol. The topological polar surface area (TPSA) is 93.4 Å². The molecule has 1 aromatic rings. The molecule has 2 heterocycles. The molecule has 8 heteroatoms. The summed E-state index contributed by atoms with van der Waals surface area (Å²) in [7, 11) is 0. The third-order valence-electron chi connectivity index (χ3n) is 2.99. The molecule has 1 saturated heterocycles. The highest BCUT2D eigenvalue weighted by Crippen LogP contribution is 2.21. The minimum atomic E-state index is -0.716. The van der Waals surface area contributed by atoms with E-state index in [0.717, 1.165) is 12.6 Å². The SMILES string of the molecule is CCCNc1ncc(F)c(N2CCOCC2C(N)=O)n1. The predicted octanol–water partition coefficient (Wildman–Crippen LogP) is 0.128. The van der Waals surface area contributed by atoms with E-state index in [9.17, 15) is 9.18 Å². The van der Waals surface area contributed by atoms with Crippen molar-refractivity contribution < 1.29 is 13.9 Å². The van der Waals surface area contributed by atoms with Gasteiger partial charge in [-0.15, -0.1) is 0 Å². The molecule has 110 valence electrons. The van der Waals surface area contributed by atoms with Gasteiger partial charge < -0.3 is 20.7 Å². The van der Waals surface area contributed by atoms with E-state index in [1.807, 2.05) is 6.92 Å². The van der Waals surface area contributed by atoms with Gasteiger partial charge in [0.15, 0.2) is 11.6 Å². The first-order chi connectivity index (χ1) is 9.63. The summed E-state index contributed by atoms with van der Waals surface area (Å²) in [5.74, 6) is -0.741. The highest BCUT2D eigenvalue weighted by Gasteiger charge is 2.30. The van der Waals surface area contributed by atoms with Crippen LogP contribution in [0.15, 0.2) is 6.20 Å². The van der Waals surface area contributed by atoms with Gasteiger partial charge in [-0.3, -0.25) is 4.79 Å². The zero-order valence-corrected chi connectivity index (χ0v) is 11.3. The van der Waals surface area contributed by atoms with Crippen LogP contribution in [0.3, 0.4) is 0 Å². The van der Waals surface area contributed by atoms with E-state index in [0.29, 0.717) is 25.6 Å². The van der Waals surface area contributed by atoms with E-state index in [2.05, 4.69) is 15.3 Å². The van der Waals surface area contributed by atoms with Gasteiger partial charge in [0.05, 0.1) is 19.4 Å². The molecule has 0 saturated carbocycles. The van der Waals surface area contributed by atoms with Gasteiger partial charge in [0.1, 0.15) is 6.04 Å². The maximum atomic E-state index is 13.9. The number of nitrogens with zero attached hydrogens (tertiary/aromatic N) is 3. The van der Waals surface area contributed by atoms with Crippen LogP contribution in [0, 0.1) is 5.82 Å². The fraction of sp³-hybridized carbons (Fsp3) is 0.583. The van der Waals surface area contributed by atoms with Crippen LogP contribution in [0.2, 0.25) is 0 Å². The molecule has 0 bridgehead atoms. The molecule has 0 spiro atoms. The minimum absolute atomic E-state index is 0.0747. The minimum Gasteiger partial charge on any atom is -0.377 e. The fourth-order valence-electron chi connectivity index (χ4n) is 1.97. The third kappa shape index (κ3) is 3.13. The number of nitrogens with one attached hydrogen (secondary N) is 1. The van der Waals surface area contributed by atoms with E-state index in [-0.39, 0.29) is 12.4 Å². The third-order valence-corrected chi connectivity index (χ3v) is 2.99. The molecule has 7 nitrogen and oxygen atoms in total. The number of carbonyl (C=O) groups excluding carboxylic acids is 1. The van der Waals surface area contributed by atoms with Crippen molar-refractivity contribution in [3.8, 4) is 0 Å². The number of rotatable bonds is 5. The Morgan fingerprint density at radius 2 is 2.50 bits per heavy atom. The molecule has 0 aromatic carbocycles. The van der Waals surface area contributed by atoms with Gasteiger partial charge in [0, 0.05) is 13.1 Å². The summed E-state index contributed by atoms with van der Waals surface area (Å²) < 4.78 is 19.1. The number of carbonyl (C=O) groups is 1. The second kappa shape index (κ2) is 6.47. The number of amides is 1. The van der Waals surface area contributed by atoms with Crippen LogP contribution in [0.1, 0.15) is 13.3 Å². The number of hydrogen-bond donors (Lipinski definition) is 2. The van der Waals surface area contributed by atoms with Gasteiger partial charge in [-0.25, -0.2) is 9.37 Å². The molecule has 1 fully saturated rings. The van der Waals surface area contributed by atoms with Crippen LogP contribution >= 0.6 is 0 Å². The number of anilines is 2. The highest BCUT2D eigenvalue weighted by molar-refractivity contribution is 5.83. The molecule has 1 aliphatic rings. The molecule has 1 atom stereocenters. The zero-order valence-electron chi connectivity index (χ0n) is 11.3. The number of aromatic nitrogens is 2. The Balaban J connectivity index is 2.26. The standard InChI is InChI=1S/C12H18FN5O2/c1-2-3-15-12-16-6-8(13)11(17-12)18-4-5-20-7-9(18)10(14)19/h6,9H,2-5,7H2,1H3,(H2,14,19)(H,15,16,17). The van der Waals surface area contributed by atoms with Crippen LogP contribution in [0.25, 0.3) is 0 Å². The van der Waals surface area contributed by atoms with Gasteiger partial charge >= 0.3 is 0 Å². The van der Waals surface area contributed by atoms with Crippen LogP contribution < -0.4 is 16.0 Å². The first-order valence-electron chi connectivity index (χ1n) is 6.53. The van der Waals surface area contributed by atoms with Gasteiger partial charge in [-0.2, -0.15) is 4.98 Å². The van der Waals surface area contributed by atoms with Crippen molar-refractivity contribution in [3.05, 3.63) is 12.0 Å². The number of nitrogens with two attached hydrogens (primary N) is 1. The predicted molar refractivity (Wildman–Crippen MR) is 71.9 cm³/mol. The Kier molecular flexibility index (Phi) is 4.67. The molecule has 20 heavy (non-hydrogen) atoms. The maximum Gasteiger partial charge on any atom is 0.242 e. The lowest BCUT2D eigenvalue weighted by Gasteiger charge is -2.34. The number of ether oxygens (including phenoxy) is 1. The molecule has 0 aliphatic carbocycles. The van der Waals surface area contributed by atoms with E-state index >= 15 is 0 Å². The Morgan fingerprint density at radius 3 is 3.20 bits per heavy atom. The van der Waals surface area contributed by atoms with E-state index in [4.69, 9.17) is 10.5 Å². The first kappa shape index (κ1) is 14.4. The van der Waals surface area contributed by atoms with Crippen molar-refractivity contribution in [2.24, 2.45) is 5.73 Å². The lowest BCUT2D eigenvalue weighted by Crippen LogP contribution is -2.53. The van der Waals surface area contributed by atoms with Crippen molar-refractivity contribution in [2.75, 3.05) is 36.5 Å². The zero-order chi connectivity index (χ0) is 14.5. The molecule has 1 aliphatic heterocycles. The van der Waals surface area contributed by atoms with Gasteiger partial charge in [0.2, 0.25) is 11.9 Å². The summed E-state index contributed by atoms with van der Waals surface area (Å²) in [6.45, 7) is 3.58. The molecule has 1 unspecified atom stereocenters. The Labute approximate surface area is 116 Å². The van der Waals surface area contributed by atoms with Crippen LogP contribution in [0.4, 0.5) is 16.2 Å². The molecular formula is C12H18FN5O2. The number of primary amides is 1. The second-order valence-electron chi connectivity index (χ2n) is 4.48. The summed E-state index contributed by atoms with van der Waals surface area (Å²) in [6, 6.07) is -0.716. The summed E-state index contributed by atoms with van der Waals surface area (Å²) in [5, 5.41) is 2.98. The van der Waals surface area contributed by atoms with Crippen molar-refractivity contribution in [1.29, 1.82) is 0 Å². The van der Waals surface area contributed by atoms with Crippen LogP contribution in [-0.4, -0.2) is 48.2 Å². The molecule has 0 radical (unpaired) electrons. The van der Waals surface area contributed by atoms with Gasteiger partial charge in [-0.05, 0) is 6.42 Å². The van der Waals surface area contributed by atoms with Gasteiger partial charge in [-0.1, -0.05) is 6.92 Å².